The molecule has 1 aromatic carbocycles. The van der Waals surface area contributed by atoms with Crippen molar-refractivity contribution < 1.29 is 14.3 Å². The summed E-state index contributed by atoms with van der Waals surface area (Å²) in [5.74, 6) is 1.82. The van der Waals surface area contributed by atoms with Gasteiger partial charge in [0.05, 0.1) is 26.1 Å². The molecule has 2 heterocycles. The normalized spacial score (nSPS) is 14.7. The van der Waals surface area contributed by atoms with Gasteiger partial charge in [0.15, 0.2) is 11.5 Å². The molecule has 7 nitrogen and oxygen atoms in total. The fourth-order valence-corrected chi connectivity index (χ4v) is 3.12. The molecular formula is C20H26N4O3. The highest BCUT2D eigenvalue weighted by molar-refractivity contribution is 6.04. The summed E-state index contributed by atoms with van der Waals surface area (Å²) in [6.45, 7) is 7.31. The maximum Gasteiger partial charge on any atom is 0.255 e. The van der Waals surface area contributed by atoms with Crippen molar-refractivity contribution in [1.82, 2.24) is 9.88 Å². The van der Waals surface area contributed by atoms with Crippen LogP contribution in [0.2, 0.25) is 0 Å². The molecule has 0 spiro atoms. The van der Waals surface area contributed by atoms with Gasteiger partial charge in [0.25, 0.3) is 5.91 Å². The number of nitrogens with one attached hydrogen (secondary N) is 1. The Morgan fingerprint density at radius 2 is 1.81 bits per heavy atom. The number of aromatic nitrogens is 1. The van der Waals surface area contributed by atoms with Gasteiger partial charge in [-0.15, -0.1) is 0 Å². The van der Waals surface area contributed by atoms with Crippen molar-refractivity contribution in [1.29, 1.82) is 0 Å². The highest BCUT2D eigenvalue weighted by Crippen LogP contribution is 2.28. The second-order valence-corrected chi connectivity index (χ2v) is 6.35. The van der Waals surface area contributed by atoms with Crippen molar-refractivity contribution in [2.45, 2.75) is 6.92 Å². The van der Waals surface area contributed by atoms with Crippen LogP contribution in [0.1, 0.15) is 17.3 Å². The van der Waals surface area contributed by atoms with Crippen molar-refractivity contribution >= 4 is 17.4 Å². The van der Waals surface area contributed by atoms with E-state index in [0.29, 0.717) is 22.7 Å². The van der Waals surface area contributed by atoms with Crippen LogP contribution in [0.25, 0.3) is 0 Å². The molecule has 1 aromatic heterocycles. The molecule has 144 valence electrons. The van der Waals surface area contributed by atoms with Gasteiger partial charge in [-0.25, -0.2) is 4.98 Å². The van der Waals surface area contributed by atoms with Crippen molar-refractivity contribution in [2.24, 2.45) is 0 Å². The Hall–Kier alpha value is -2.80. The van der Waals surface area contributed by atoms with Gasteiger partial charge >= 0.3 is 0 Å². The third-order valence-electron chi connectivity index (χ3n) is 4.79. The van der Waals surface area contributed by atoms with Gasteiger partial charge in [-0.05, 0) is 36.9 Å². The third kappa shape index (κ3) is 4.49. The smallest absolute Gasteiger partial charge is 0.255 e. The summed E-state index contributed by atoms with van der Waals surface area (Å²) in [7, 11) is 3.11. The average Bonchev–Trinajstić information content (AvgIpc) is 2.73. The number of methoxy groups -OCH3 is 2. The van der Waals surface area contributed by atoms with Crippen LogP contribution in [-0.2, 0) is 0 Å². The van der Waals surface area contributed by atoms with Crippen LogP contribution in [0.4, 0.5) is 11.5 Å². The molecule has 1 N–H and O–H groups in total. The monoisotopic (exact) mass is 370 g/mol. The molecule has 7 heteroatoms. The summed E-state index contributed by atoms with van der Waals surface area (Å²) in [4.78, 5) is 21.7. The van der Waals surface area contributed by atoms with Gasteiger partial charge in [0.2, 0.25) is 0 Å². The van der Waals surface area contributed by atoms with Gasteiger partial charge < -0.3 is 24.6 Å². The Bertz CT molecular complexity index is 771. The van der Waals surface area contributed by atoms with Crippen molar-refractivity contribution in [2.75, 3.05) is 57.2 Å². The molecule has 0 saturated carbocycles. The molecule has 0 unspecified atom stereocenters. The van der Waals surface area contributed by atoms with E-state index in [1.165, 1.54) is 0 Å². The molecule has 1 aliphatic heterocycles. The zero-order valence-electron chi connectivity index (χ0n) is 16.1. The summed E-state index contributed by atoms with van der Waals surface area (Å²) in [5, 5.41) is 2.87. The lowest BCUT2D eigenvalue weighted by Gasteiger charge is -2.34. The predicted molar refractivity (Wildman–Crippen MR) is 106 cm³/mol. The molecule has 0 bridgehead atoms. The second kappa shape index (κ2) is 8.73. The summed E-state index contributed by atoms with van der Waals surface area (Å²) >= 11 is 0. The van der Waals surface area contributed by atoms with E-state index in [0.717, 1.165) is 38.5 Å². The molecular weight excluding hydrogens is 344 g/mol. The van der Waals surface area contributed by atoms with E-state index in [9.17, 15) is 4.79 Å². The lowest BCUT2D eigenvalue weighted by molar-refractivity contribution is 0.102. The third-order valence-corrected chi connectivity index (χ3v) is 4.79. The number of anilines is 2. The predicted octanol–water partition coefficient (Wildman–Crippen LogP) is 2.49. The highest BCUT2D eigenvalue weighted by atomic mass is 16.5. The number of amides is 1. The van der Waals surface area contributed by atoms with Crippen molar-refractivity contribution in [3.63, 3.8) is 0 Å². The Morgan fingerprint density at radius 3 is 2.41 bits per heavy atom. The minimum absolute atomic E-state index is 0.220. The van der Waals surface area contributed by atoms with E-state index >= 15 is 0 Å². The maximum absolute atomic E-state index is 12.5. The van der Waals surface area contributed by atoms with E-state index < -0.39 is 0 Å². The number of likely N-dealkylation sites (N-methyl/N-ethyl adjacent to an activating group) is 1. The largest absolute Gasteiger partial charge is 0.493 e. The molecule has 1 aliphatic rings. The quantitative estimate of drug-likeness (QED) is 0.843. The second-order valence-electron chi connectivity index (χ2n) is 6.35. The van der Waals surface area contributed by atoms with E-state index in [1.54, 1.807) is 38.6 Å². The van der Waals surface area contributed by atoms with E-state index in [2.05, 4.69) is 27.0 Å². The minimum Gasteiger partial charge on any atom is -0.493 e. The first-order valence-electron chi connectivity index (χ1n) is 9.11. The highest BCUT2D eigenvalue weighted by Gasteiger charge is 2.17. The number of piperazine rings is 1. The van der Waals surface area contributed by atoms with Crippen LogP contribution in [0.5, 0.6) is 11.5 Å². The molecule has 3 rings (SSSR count). The number of nitrogens with zero attached hydrogens (tertiary/aromatic N) is 3. The molecule has 1 fully saturated rings. The molecule has 1 saturated heterocycles. The SMILES string of the molecule is CCN1CCN(c2ccc(NC(=O)c3ccc(OC)c(OC)c3)cn2)CC1. The summed E-state index contributed by atoms with van der Waals surface area (Å²) < 4.78 is 10.4. The molecule has 2 aromatic rings. The zero-order valence-corrected chi connectivity index (χ0v) is 16.1. The fraction of sp³-hybridized carbons (Fsp3) is 0.400. The summed E-state index contributed by atoms with van der Waals surface area (Å²) in [6, 6.07) is 8.90. The molecule has 0 atom stereocenters. The van der Waals surface area contributed by atoms with E-state index in [1.807, 2.05) is 12.1 Å². The van der Waals surface area contributed by atoms with Crippen LogP contribution in [-0.4, -0.2) is 62.7 Å². The number of hydrogen-bond acceptors (Lipinski definition) is 6. The van der Waals surface area contributed by atoms with Crippen molar-refractivity contribution in [3.8, 4) is 11.5 Å². The maximum atomic E-state index is 12.5. The van der Waals surface area contributed by atoms with Gasteiger partial charge in [0, 0.05) is 31.7 Å². The van der Waals surface area contributed by atoms with Crippen LogP contribution in [0, 0.1) is 0 Å². The zero-order chi connectivity index (χ0) is 19.2. The standard InChI is InChI=1S/C20H26N4O3/c1-4-23-9-11-24(12-10-23)19-8-6-16(14-21-19)22-20(25)15-5-7-17(26-2)18(13-15)27-3/h5-8,13-14H,4,9-12H2,1-3H3,(H,22,25). The molecule has 1 amide bonds. The van der Waals surface area contributed by atoms with Crippen LogP contribution >= 0.6 is 0 Å². The lowest BCUT2D eigenvalue weighted by atomic mass is 10.2. The summed E-state index contributed by atoms with van der Waals surface area (Å²) in [5.41, 5.74) is 1.15. The average molecular weight is 370 g/mol. The van der Waals surface area contributed by atoms with E-state index in [-0.39, 0.29) is 5.91 Å². The lowest BCUT2D eigenvalue weighted by Crippen LogP contribution is -2.46. The number of ether oxygens (including phenoxy) is 2. The molecule has 0 aliphatic carbocycles. The number of carbonyl (C=O) groups is 1. The summed E-state index contributed by atoms with van der Waals surface area (Å²) in [6.07, 6.45) is 1.69. The molecule has 0 radical (unpaired) electrons. The Kier molecular flexibility index (Phi) is 6.13. The topological polar surface area (TPSA) is 66.9 Å². The first-order chi connectivity index (χ1) is 13.1. The minimum atomic E-state index is -0.220. The number of hydrogen-bond donors (Lipinski definition) is 1. The van der Waals surface area contributed by atoms with Crippen LogP contribution in [0.3, 0.4) is 0 Å². The van der Waals surface area contributed by atoms with Crippen molar-refractivity contribution in [3.05, 3.63) is 42.1 Å². The Morgan fingerprint density at radius 1 is 1.07 bits per heavy atom. The number of benzene rings is 1. The Balaban J connectivity index is 1.63. The van der Waals surface area contributed by atoms with Gasteiger partial charge in [-0.3, -0.25) is 4.79 Å². The van der Waals surface area contributed by atoms with E-state index in [4.69, 9.17) is 9.47 Å². The Labute approximate surface area is 159 Å². The first-order valence-corrected chi connectivity index (χ1v) is 9.11. The van der Waals surface area contributed by atoms with Crippen LogP contribution in [0.15, 0.2) is 36.5 Å². The van der Waals surface area contributed by atoms with Gasteiger partial charge in [-0.1, -0.05) is 6.92 Å². The number of pyridine rings is 1. The van der Waals surface area contributed by atoms with Gasteiger partial charge in [-0.2, -0.15) is 0 Å². The first kappa shape index (κ1) is 19.0. The number of rotatable bonds is 6. The fourth-order valence-electron chi connectivity index (χ4n) is 3.12. The number of carbonyl (C=O) groups excluding carboxylic acids is 1. The van der Waals surface area contributed by atoms with Gasteiger partial charge in [0.1, 0.15) is 5.82 Å². The molecule has 27 heavy (non-hydrogen) atoms. The van der Waals surface area contributed by atoms with Crippen LogP contribution < -0.4 is 19.7 Å².